The summed E-state index contributed by atoms with van der Waals surface area (Å²) in [6.07, 6.45) is 8.36. The molecule has 0 atom stereocenters. The first kappa shape index (κ1) is 12.6. The van der Waals surface area contributed by atoms with Gasteiger partial charge in [-0.1, -0.05) is 48.6 Å². The number of halogens is 1. The Hall–Kier alpha value is -1.38. The summed E-state index contributed by atoms with van der Waals surface area (Å²) in [5.41, 5.74) is 1.27. The van der Waals surface area contributed by atoms with E-state index < -0.39 is 0 Å². The van der Waals surface area contributed by atoms with E-state index in [9.17, 15) is 0 Å². The fourth-order valence-electron chi connectivity index (χ4n) is 2.26. The zero-order valence-electron chi connectivity index (χ0n) is 10.6. The summed E-state index contributed by atoms with van der Waals surface area (Å²) in [6.45, 7) is 2.03. The minimum Gasteiger partial charge on any atom is -0.128 e. The molecule has 0 fully saturated rings. The quantitative estimate of drug-likeness (QED) is 0.477. The molecule has 2 aromatic carbocycles. The molecule has 0 radical (unpaired) electrons. The molecule has 94 valence electrons. The molecular formula is C17H13BrS. The molecule has 0 unspecified atom stereocenters. The van der Waals surface area contributed by atoms with Crippen molar-refractivity contribution in [3.8, 4) is 0 Å². The van der Waals surface area contributed by atoms with Crippen molar-refractivity contribution in [3.63, 3.8) is 0 Å². The minimum absolute atomic E-state index is 1.18. The Morgan fingerprint density at radius 2 is 1.89 bits per heavy atom. The summed E-state index contributed by atoms with van der Waals surface area (Å²) in [6, 6.07) is 13.0. The maximum Gasteiger partial charge on any atom is 0.0711 e. The molecule has 3 rings (SSSR count). The van der Waals surface area contributed by atoms with Crippen molar-refractivity contribution in [2.45, 2.75) is 6.92 Å². The van der Waals surface area contributed by atoms with Crippen molar-refractivity contribution in [2.75, 3.05) is 0 Å². The number of allylic oxidation sites excluding steroid dienone is 3. The van der Waals surface area contributed by atoms with Crippen LogP contribution in [0.3, 0.4) is 0 Å². The normalized spacial score (nSPS) is 12.3. The van der Waals surface area contributed by atoms with E-state index in [1.54, 1.807) is 11.3 Å². The van der Waals surface area contributed by atoms with Crippen LogP contribution in [-0.2, 0) is 0 Å². The van der Waals surface area contributed by atoms with E-state index in [4.69, 9.17) is 0 Å². The molecule has 0 saturated carbocycles. The maximum absolute atomic E-state index is 3.61. The molecule has 0 nitrogen and oxygen atoms in total. The summed E-state index contributed by atoms with van der Waals surface area (Å²) in [5, 5.41) is 3.94. The van der Waals surface area contributed by atoms with Crippen LogP contribution in [0, 0.1) is 0 Å². The minimum atomic E-state index is 1.18. The number of rotatable bonds is 2. The van der Waals surface area contributed by atoms with Crippen molar-refractivity contribution in [2.24, 2.45) is 0 Å². The van der Waals surface area contributed by atoms with Gasteiger partial charge in [-0.15, -0.1) is 11.3 Å². The van der Waals surface area contributed by atoms with E-state index in [0.29, 0.717) is 0 Å². The zero-order chi connectivity index (χ0) is 13.2. The van der Waals surface area contributed by atoms with E-state index in [1.165, 1.54) is 30.2 Å². The lowest BCUT2D eigenvalue weighted by molar-refractivity contribution is 1.73. The summed E-state index contributed by atoms with van der Waals surface area (Å²) in [7, 11) is 0. The van der Waals surface area contributed by atoms with Crippen LogP contribution in [0.5, 0.6) is 0 Å². The van der Waals surface area contributed by atoms with Crippen molar-refractivity contribution in [1.82, 2.24) is 0 Å². The number of thiophene rings is 1. The van der Waals surface area contributed by atoms with Crippen LogP contribution in [0.2, 0.25) is 0 Å². The molecule has 2 heteroatoms. The second-order valence-corrected chi connectivity index (χ2v) is 6.80. The second-order valence-electron chi connectivity index (χ2n) is 4.37. The van der Waals surface area contributed by atoms with Crippen molar-refractivity contribution >= 4 is 54.2 Å². The van der Waals surface area contributed by atoms with Crippen LogP contribution >= 0.6 is 27.3 Å². The predicted molar refractivity (Wildman–Crippen MR) is 90.9 cm³/mol. The first-order valence-corrected chi connectivity index (χ1v) is 7.80. The van der Waals surface area contributed by atoms with Gasteiger partial charge in [-0.05, 0) is 51.3 Å². The Balaban J connectivity index is 2.35. The lowest BCUT2D eigenvalue weighted by Gasteiger charge is -2.03. The number of fused-ring (bicyclic) bond motifs is 3. The highest BCUT2D eigenvalue weighted by molar-refractivity contribution is 9.11. The molecule has 1 aromatic heterocycles. The average Bonchev–Trinajstić information content (AvgIpc) is 2.81. The van der Waals surface area contributed by atoms with Crippen LogP contribution < -0.4 is 0 Å². The van der Waals surface area contributed by atoms with Crippen LogP contribution in [-0.4, -0.2) is 0 Å². The number of benzene rings is 2. The van der Waals surface area contributed by atoms with E-state index in [-0.39, 0.29) is 0 Å². The van der Waals surface area contributed by atoms with Gasteiger partial charge in [0.25, 0.3) is 0 Å². The standard InChI is InChI=1S/C17H13BrS/c1-2-3-4-7-13-10-12-8-5-6-9-14(12)17-15(13)11-16(18)19-17/h2-11H,1H3/b3-2-,7-4-. The summed E-state index contributed by atoms with van der Waals surface area (Å²) < 4.78 is 2.53. The fourth-order valence-corrected chi connectivity index (χ4v) is 3.93. The highest BCUT2D eigenvalue weighted by Crippen LogP contribution is 2.37. The summed E-state index contributed by atoms with van der Waals surface area (Å²) in [5.74, 6) is 0. The lowest BCUT2D eigenvalue weighted by Crippen LogP contribution is -1.77. The van der Waals surface area contributed by atoms with E-state index in [2.05, 4.69) is 70.6 Å². The first-order valence-electron chi connectivity index (χ1n) is 6.20. The molecule has 3 aromatic rings. The smallest absolute Gasteiger partial charge is 0.0711 e. The van der Waals surface area contributed by atoms with E-state index in [1.807, 2.05) is 13.0 Å². The van der Waals surface area contributed by atoms with Gasteiger partial charge in [0.2, 0.25) is 0 Å². The van der Waals surface area contributed by atoms with Gasteiger partial charge in [-0.25, -0.2) is 0 Å². The summed E-state index contributed by atoms with van der Waals surface area (Å²) in [4.78, 5) is 0. The highest BCUT2D eigenvalue weighted by Gasteiger charge is 2.07. The van der Waals surface area contributed by atoms with Gasteiger partial charge in [0.1, 0.15) is 0 Å². The van der Waals surface area contributed by atoms with Crippen LogP contribution in [0.4, 0.5) is 0 Å². The van der Waals surface area contributed by atoms with Gasteiger partial charge in [0.05, 0.1) is 3.79 Å². The van der Waals surface area contributed by atoms with Gasteiger partial charge >= 0.3 is 0 Å². The highest BCUT2D eigenvalue weighted by atomic mass is 79.9. The van der Waals surface area contributed by atoms with Crippen LogP contribution in [0.15, 0.2) is 58.4 Å². The second kappa shape index (κ2) is 5.32. The van der Waals surface area contributed by atoms with Gasteiger partial charge in [-0.3, -0.25) is 0 Å². The molecule has 1 heterocycles. The molecule has 0 N–H and O–H groups in total. The maximum atomic E-state index is 3.61. The third-order valence-electron chi connectivity index (χ3n) is 3.11. The van der Waals surface area contributed by atoms with Gasteiger partial charge in [-0.2, -0.15) is 0 Å². The van der Waals surface area contributed by atoms with Gasteiger partial charge in [0, 0.05) is 10.1 Å². The van der Waals surface area contributed by atoms with Crippen molar-refractivity contribution in [1.29, 1.82) is 0 Å². The molecule has 0 aliphatic rings. The fraction of sp³-hybridized carbons (Fsp3) is 0.0588. The molecule has 0 aliphatic heterocycles. The van der Waals surface area contributed by atoms with E-state index in [0.717, 1.165) is 0 Å². The zero-order valence-corrected chi connectivity index (χ0v) is 13.0. The molecule has 0 spiro atoms. The number of hydrogen-bond acceptors (Lipinski definition) is 1. The SMILES string of the molecule is C/C=C\C=C/c1cc2ccccc2c2sc(Br)cc12. The monoisotopic (exact) mass is 328 g/mol. The molecule has 0 amide bonds. The first-order chi connectivity index (χ1) is 9.29. The van der Waals surface area contributed by atoms with Gasteiger partial charge in [0.15, 0.2) is 0 Å². The van der Waals surface area contributed by atoms with Crippen molar-refractivity contribution in [3.05, 3.63) is 64.0 Å². The Labute approximate surface area is 125 Å². The Morgan fingerprint density at radius 1 is 1.05 bits per heavy atom. The summed E-state index contributed by atoms with van der Waals surface area (Å²) >= 11 is 5.41. The largest absolute Gasteiger partial charge is 0.128 e. The third kappa shape index (κ3) is 2.38. The molecule has 19 heavy (non-hydrogen) atoms. The molecular weight excluding hydrogens is 316 g/mol. The molecule has 0 bridgehead atoms. The van der Waals surface area contributed by atoms with Crippen LogP contribution in [0.25, 0.3) is 26.9 Å². The Morgan fingerprint density at radius 3 is 2.74 bits per heavy atom. The van der Waals surface area contributed by atoms with Gasteiger partial charge < -0.3 is 0 Å². The molecule has 0 aliphatic carbocycles. The van der Waals surface area contributed by atoms with Crippen LogP contribution in [0.1, 0.15) is 12.5 Å². The third-order valence-corrected chi connectivity index (χ3v) is 4.78. The molecule has 0 saturated heterocycles. The number of hydrogen-bond donors (Lipinski definition) is 0. The van der Waals surface area contributed by atoms with E-state index >= 15 is 0 Å². The Kier molecular flexibility index (Phi) is 3.54. The average molecular weight is 329 g/mol. The predicted octanol–water partition coefficient (Wildman–Crippen LogP) is 6.41. The Bertz CT molecular complexity index is 793. The van der Waals surface area contributed by atoms with Crippen molar-refractivity contribution < 1.29 is 0 Å². The topological polar surface area (TPSA) is 0 Å². The lowest BCUT2D eigenvalue weighted by atomic mass is 10.0.